The van der Waals surface area contributed by atoms with Crippen molar-refractivity contribution < 1.29 is 9.21 Å². The van der Waals surface area contributed by atoms with Gasteiger partial charge in [0.25, 0.3) is 0 Å². The number of thiazole rings is 1. The lowest BCUT2D eigenvalue weighted by atomic mass is 9.96. The van der Waals surface area contributed by atoms with Crippen molar-refractivity contribution in [1.82, 2.24) is 14.3 Å². The summed E-state index contributed by atoms with van der Waals surface area (Å²) in [6.07, 6.45) is 1.95. The van der Waals surface area contributed by atoms with Crippen LogP contribution in [0, 0.1) is 6.92 Å². The summed E-state index contributed by atoms with van der Waals surface area (Å²) in [5, 5.41) is 8.39. The molecule has 4 aromatic rings. The van der Waals surface area contributed by atoms with Gasteiger partial charge < -0.3 is 9.73 Å². The number of aryl methyl sites for hydroxylation is 1. The van der Waals surface area contributed by atoms with Gasteiger partial charge in [-0.05, 0) is 63.4 Å². The number of carbonyl (C=O) groups is 1. The number of piperidine rings is 1. The first-order chi connectivity index (χ1) is 15.5. The maximum Gasteiger partial charge on any atom is 0.242 e. The zero-order chi connectivity index (χ0) is 22.2. The van der Waals surface area contributed by atoms with Crippen molar-refractivity contribution in [2.45, 2.75) is 38.6 Å². The van der Waals surface area contributed by atoms with E-state index < -0.39 is 0 Å². The van der Waals surface area contributed by atoms with Crippen molar-refractivity contribution >= 4 is 56.3 Å². The number of likely N-dealkylation sites (tertiary alicyclic amines) is 1. The molecular formula is C23H23ClN4O2S2. The molecular weight excluding hydrogens is 464 g/mol. The number of halogens is 1. The predicted molar refractivity (Wildman–Crippen MR) is 131 cm³/mol. The molecule has 0 saturated carbocycles. The van der Waals surface area contributed by atoms with Crippen LogP contribution in [0.4, 0.5) is 5.00 Å². The highest BCUT2D eigenvalue weighted by atomic mass is 35.5. The quantitative estimate of drug-likeness (QED) is 0.364. The van der Waals surface area contributed by atoms with Crippen LogP contribution < -0.4 is 5.32 Å². The molecule has 6 nitrogen and oxygen atoms in total. The number of nitrogens with one attached hydrogen (secondary N) is 1. The van der Waals surface area contributed by atoms with Gasteiger partial charge in [-0.15, -0.1) is 11.3 Å². The molecule has 0 aliphatic carbocycles. The van der Waals surface area contributed by atoms with Gasteiger partial charge in [0.15, 0.2) is 5.76 Å². The van der Waals surface area contributed by atoms with Gasteiger partial charge in [-0.1, -0.05) is 29.8 Å². The number of anilines is 1. The van der Waals surface area contributed by atoms with Crippen LogP contribution in [0.2, 0.25) is 5.02 Å². The van der Waals surface area contributed by atoms with E-state index >= 15 is 0 Å². The first-order valence-electron chi connectivity index (χ1n) is 10.6. The monoisotopic (exact) mass is 486 g/mol. The minimum atomic E-state index is -0.225. The Bertz CT molecular complexity index is 1220. The molecule has 1 fully saturated rings. The highest BCUT2D eigenvalue weighted by Crippen LogP contribution is 2.35. The van der Waals surface area contributed by atoms with Gasteiger partial charge in [0, 0.05) is 16.7 Å². The summed E-state index contributed by atoms with van der Waals surface area (Å²) in [7, 11) is 0. The zero-order valence-corrected chi connectivity index (χ0v) is 20.2. The lowest BCUT2D eigenvalue weighted by Gasteiger charge is -2.34. The van der Waals surface area contributed by atoms with Gasteiger partial charge >= 0.3 is 0 Å². The average molecular weight is 487 g/mol. The van der Waals surface area contributed by atoms with Crippen LogP contribution in [-0.2, 0) is 4.79 Å². The lowest BCUT2D eigenvalue weighted by Crippen LogP contribution is -2.45. The molecule has 0 spiro atoms. The minimum Gasteiger partial charge on any atom is -0.454 e. The molecule has 4 heterocycles. The van der Waals surface area contributed by atoms with Crippen LogP contribution in [-0.4, -0.2) is 39.3 Å². The van der Waals surface area contributed by atoms with E-state index in [1.807, 2.05) is 44.2 Å². The van der Waals surface area contributed by atoms with Crippen LogP contribution in [0.5, 0.6) is 0 Å². The van der Waals surface area contributed by atoms with Crippen molar-refractivity contribution in [3.05, 3.63) is 51.4 Å². The Balaban J connectivity index is 1.20. The fourth-order valence-corrected chi connectivity index (χ4v) is 5.97. The lowest BCUT2D eigenvalue weighted by molar-refractivity contribution is -0.121. The largest absolute Gasteiger partial charge is 0.454 e. The van der Waals surface area contributed by atoms with Crippen molar-refractivity contribution in [3.63, 3.8) is 0 Å². The Morgan fingerprint density at radius 3 is 2.81 bits per heavy atom. The second-order valence-electron chi connectivity index (χ2n) is 8.11. The van der Waals surface area contributed by atoms with E-state index in [1.54, 1.807) is 11.3 Å². The standard InChI is InChI=1S/C23H23ClN4O2S2/c1-13-20(24)23(32-27-13)26-21(29)14(2)28-9-7-15(8-10-28)22-25-17(12-31-22)19-11-16-5-3-4-6-18(16)30-19/h3-6,11-12,14-15H,7-10H2,1-2H3,(H,26,29). The zero-order valence-electron chi connectivity index (χ0n) is 17.8. The van der Waals surface area contributed by atoms with E-state index in [9.17, 15) is 4.79 Å². The van der Waals surface area contributed by atoms with Gasteiger partial charge in [-0.25, -0.2) is 4.98 Å². The molecule has 0 radical (unpaired) electrons. The number of benzene rings is 1. The van der Waals surface area contributed by atoms with E-state index in [0.29, 0.717) is 15.9 Å². The summed E-state index contributed by atoms with van der Waals surface area (Å²) in [4.78, 5) is 19.8. The highest BCUT2D eigenvalue weighted by Gasteiger charge is 2.29. The number of aromatic nitrogens is 2. The third kappa shape index (κ3) is 4.20. The summed E-state index contributed by atoms with van der Waals surface area (Å²) >= 11 is 9.12. The third-order valence-corrected chi connectivity index (χ3v) is 8.47. The van der Waals surface area contributed by atoms with Crippen molar-refractivity contribution in [2.75, 3.05) is 18.4 Å². The second-order valence-corrected chi connectivity index (χ2v) is 10.1. The predicted octanol–water partition coefficient (Wildman–Crippen LogP) is 6.18. The molecule has 1 aliphatic heterocycles. The number of furan rings is 1. The van der Waals surface area contributed by atoms with E-state index in [0.717, 1.165) is 59.1 Å². The average Bonchev–Trinajstić information content (AvgIpc) is 3.54. The number of carbonyl (C=O) groups excluding carboxylic acids is 1. The molecule has 1 N–H and O–H groups in total. The Labute approximate surface area is 199 Å². The molecule has 3 aromatic heterocycles. The number of amides is 1. The number of para-hydroxylation sites is 1. The number of hydrogen-bond acceptors (Lipinski definition) is 7. The molecule has 9 heteroatoms. The topological polar surface area (TPSA) is 71.3 Å². The molecule has 1 unspecified atom stereocenters. The Kier molecular flexibility index (Phi) is 6.03. The molecule has 1 aromatic carbocycles. The number of fused-ring (bicyclic) bond motifs is 1. The highest BCUT2D eigenvalue weighted by molar-refractivity contribution is 7.11. The van der Waals surface area contributed by atoms with Crippen LogP contribution in [0.15, 0.2) is 40.1 Å². The van der Waals surface area contributed by atoms with E-state index in [-0.39, 0.29) is 11.9 Å². The van der Waals surface area contributed by atoms with Crippen molar-refractivity contribution in [2.24, 2.45) is 0 Å². The van der Waals surface area contributed by atoms with Crippen molar-refractivity contribution in [1.29, 1.82) is 0 Å². The van der Waals surface area contributed by atoms with E-state index in [2.05, 4.69) is 20.0 Å². The fraction of sp³-hybridized carbons (Fsp3) is 0.348. The van der Waals surface area contributed by atoms with Crippen LogP contribution in [0.25, 0.3) is 22.4 Å². The molecule has 1 atom stereocenters. The molecule has 166 valence electrons. The van der Waals surface area contributed by atoms with E-state index in [4.69, 9.17) is 21.0 Å². The smallest absolute Gasteiger partial charge is 0.242 e. The van der Waals surface area contributed by atoms with Crippen molar-refractivity contribution in [3.8, 4) is 11.5 Å². The Hall–Kier alpha value is -2.26. The number of nitrogens with zero attached hydrogens (tertiary/aromatic N) is 3. The summed E-state index contributed by atoms with van der Waals surface area (Å²) in [5.74, 6) is 1.17. The number of hydrogen-bond donors (Lipinski definition) is 1. The van der Waals surface area contributed by atoms with E-state index in [1.165, 1.54) is 11.5 Å². The fourth-order valence-electron chi connectivity index (χ4n) is 4.05. The van der Waals surface area contributed by atoms with Gasteiger partial charge in [0.2, 0.25) is 5.91 Å². The Morgan fingerprint density at radius 2 is 2.09 bits per heavy atom. The SMILES string of the molecule is Cc1nsc(NC(=O)C(C)N2CCC(c3nc(-c4cc5ccccc5o4)cs3)CC2)c1Cl. The second kappa shape index (κ2) is 8.94. The summed E-state index contributed by atoms with van der Waals surface area (Å²) in [6, 6.07) is 9.83. The normalized spacial score (nSPS) is 16.5. The molecule has 1 aliphatic rings. The van der Waals surface area contributed by atoms with Crippen LogP contribution in [0.1, 0.15) is 36.4 Å². The summed E-state index contributed by atoms with van der Waals surface area (Å²) < 4.78 is 10.2. The molecule has 0 bridgehead atoms. The van der Waals surface area contributed by atoms with Gasteiger partial charge in [0.05, 0.1) is 21.8 Å². The van der Waals surface area contributed by atoms with Crippen LogP contribution >= 0.6 is 34.5 Å². The van der Waals surface area contributed by atoms with Gasteiger partial charge in [-0.2, -0.15) is 4.37 Å². The first kappa shape index (κ1) is 21.6. The minimum absolute atomic E-state index is 0.0459. The first-order valence-corrected chi connectivity index (χ1v) is 12.6. The number of rotatable bonds is 5. The molecule has 32 heavy (non-hydrogen) atoms. The summed E-state index contributed by atoms with van der Waals surface area (Å²) in [6.45, 7) is 5.49. The Morgan fingerprint density at radius 1 is 1.31 bits per heavy atom. The maximum atomic E-state index is 12.7. The molecule has 1 amide bonds. The molecule has 1 saturated heterocycles. The third-order valence-electron chi connectivity index (χ3n) is 6.03. The van der Waals surface area contributed by atoms with Gasteiger partial charge in [0.1, 0.15) is 16.3 Å². The van der Waals surface area contributed by atoms with Crippen LogP contribution in [0.3, 0.4) is 0 Å². The van der Waals surface area contributed by atoms with Gasteiger partial charge in [-0.3, -0.25) is 9.69 Å². The summed E-state index contributed by atoms with van der Waals surface area (Å²) in [5.41, 5.74) is 2.52. The molecule has 5 rings (SSSR count). The maximum absolute atomic E-state index is 12.7.